The van der Waals surface area contributed by atoms with Gasteiger partial charge in [0.05, 0.1) is 0 Å². The Kier molecular flexibility index (Phi) is 5.15. The van der Waals surface area contributed by atoms with Gasteiger partial charge >= 0.3 is 0 Å². The molecular formula is C13H17BrCl2. The second-order valence-electron chi connectivity index (χ2n) is 4.60. The van der Waals surface area contributed by atoms with E-state index in [9.17, 15) is 0 Å². The third kappa shape index (κ3) is 2.75. The molecule has 0 unspecified atom stereocenters. The van der Waals surface area contributed by atoms with Gasteiger partial charge in [-0.3, -0.25) is 0 Å². The molecule has 0 spiro atoms. The van der Waals surface area contributed by atoms with E-state index in [-0.39, 0.29) is 0 Å². The van der Waals surface area contributed by atoms with Crippen molar-refractivity contribution in [3.05, 3.63) is 32.3 Å². The van der Waals surface area contributed by atoms with Gasteiger partial charge in [-0.1, -0.05) is 55.2 Å². The number of alkyl halides is 1. The highest BCUT2D eigenvalue weighted by molar-refractivity contribution is 9.10. The number of benzene rings is 1. The minimum Gasteiger partial charge on any atom is -0.121 e. The standard InChI is InChI=1S/C13H17BrCl2/c1-7(2)9-5-11(16)10(6-15)12(8(3)4)13(9)14/h5,7-8H,6H2,1-4H3. The van der Waals surface area contributed by atoms with E-state index < -0.39 is 0 Å². The van der Waals surface area contributed by atoms with Crippen molar-refractivity contribution in [2.45, 2.75) is 45.4 Å². The summed E-state index contributed by atoms with van der Waals surface area (Å²) in [6.45, 7) is 8.66. The van der Waals surface area contributed by atoms with Crippen molar-refractivity contribution < 1.29 is 0 Å². The quantitative estimate of drug-likeness (QED) is 0.590. The van der Waals surface area contributed by atoms with E-state index in [4.69, 9.17) is 23.2 Å². The summed E-state index contributed by atoms with van der Waals surface area (Å²) in [5, 5.41) is 0.783. The Balaban J connectivity index is 3.52. The fourth-order valence-corrected chi connectivity index (χ4v) is 3.77. The predicted molar refractivity (Wildman–Crippen MR) is 76.9 cm³/mol. The van der Waals surface area contributed by atoms with Gasteiger partial charge in [0.15, 0.2) is 0 Å². The summed E-state index contributed by atoms with van der Waals surface area (Å²) in [4.78, 5) is 0. The summed E-state index contributed by atoms with van der Waals surface area (Å²) in [5.74, 6) is 1.33. The van der Waals surface area contributed by atoms with Gasteiger partial charge in [-0.05, 0) is 34.6 Å². The third-order valence-corrected chi connectivity index (χ3v) is 4.21. The maximum absolute atomic E-state index is 6.29. The van der Waals surface area contributed by atoms with E-state index in [1.54, 1.807) is 0 Å². The average Bonchev–Trinajstić information content (AvgIpc) is 2.19. The normalized spacial score (nSPS) is 11.6. The first-order valence-electron chi connectivity index (χ1n) is 5.46. The largest absolute Gasteiger partial charge is 0.121 e. The van der Waals surface area contributed by atoms with Crippen molar-refractivity contribution in [1.82, 2.24) is 0 Å². The van der Waals surface area contributed by atoms with E-state index in [0.717, 1.165) is 15.1 Å². The summed E-state index contributed by atoms with van der Waals surface area (Å²) < 4.78 is 1.16. The predicted octanol–water partition coefficient (Wildman–Crippen LogP) is 6.09. The van der Waals surface area contributed by atoms with Crippen LogP contribution in [0, 0.1) is 0 Å². The summed E-state index contributed by atoms with van der Waals surface area (Å²) in [5.41, 5.74) is 3.54. The third-order valence-electron chi connectivity index (χ3n) is 2.72. The van der Waals surface area contributed by atoms with Crippen LogP contribution in [-0.2, 0) is 5.88 Å². The number of halogens is 3. The molecule has 0 aromatic heterocycles. The molecular weight excluding hydrogens is 307 g/mol. The maximum Gasteiger partial charge on any atom is 0.0492 e. The van der Waals surface area contributed by atoms with E-state index in [1.165, 1.54) is 11.1 Å². The Morgan fingerprint density at radius 3 is 2.12 bits per heavy atom. The van der Waals surface area contributed by atoms with E-state index in [1.807, 2.05) is 6.07 Å². The van der Waals surface area contributed by atoms with E-state index in [0.29, 0.717) is 17.7 Å². The van der Waals surface area contributed by atoms with E-state index in [2.05, 4.69) is 43.6 Å². The first kappa shape index (κ1) is 14.3. The van der Waals surface area contributed by atoms with Crippen LogP contribution >= 0.6 is 39.1 Å². The zero-order chi connectivity index (χ0) is 12.5. The second-order valence-corrected chi connectivity index (χ2v) is 6.06. The highest BCUT2D eigenvalue weighted by atomic mass is 79.9. The number of hydrogen-bond donors (Lipinski definition) is 0. The lowest BCUT2D eigenvalue weighted by molar-refractivity contribution is 0.815. The lowest BCUT2D eigenvalue weighted by Crippen LogP contribution is -2.02. The summed E-state index contributed by atoms with van der Waals surface area (Å²) >= 11 is 16.0. The highest BCUT2D eigenvalue weighted by Crippen LogP contribution is 2.39. The van der Waals surface area contributed by atoms with Crippen LogP contribution in [0.15, 0.2) is 10.5 Å². The highest BCUT2D eigenvalue weighted by Gasteiger charge is 2.18. The molecule has 0 nitrogen and oxygen atoms in total. The molecule has 0 N–H and O–H groups in total. The molecule has 1 aromatic carbocycles. The smallest absolute Gasteiger partial charge is 0.0492 e. The lowest BCUT2D eigenvalue weighted by atomic mass is 9.92. The molecule has 1 rings (SSSR count). The molecule has 0 aliphatic carbocycles. The summed E-state index contributed by atoms with van der Waals surface area (Å²) in [6, 6.07) is 2.03. The van der Waals surface area contributed by atoms with Gasteiger partial charge < -0.3 is 0 Å². The molecule has 16 heavy (non-hydrogen) atoms. The topological polar surface area (TPSA) is 0 Å². The molecule has 0 atom stereocenters. The molecule has 0 saturated heterocycles. The molecule has 0 radical (unpaired) electrons. The van der Waals surface area contributed by atoms with Crippen molar-refractivity contribution in [2.75, 3.05) is 0 Å². The van der Waals surface area contributed by atoms with Gasteiger partial charge in [0.1, 0.15) is 0 Å². The van der Waals surface area contributed by atoms with Crippen molar-refractivity contribution in [1.29, 1.82) is 0 Å². The molecule has 0 fully saturated rings. The van der Waals surface area contributed by atoms with Gasteiger partial charge in [0.25, 0.3) is 0 Å². The van der Waals surface area contributed by atoms with Gasteiger partial charge in [-0.15, -0.1) is 11.6 Å². The van der Waals surface area contributed by atoms with Crippen LogP contribution < -0.4 is 0 Å². The van der Waals surface area contributed by atoms with Crippen molar-refractivity contribution in [3.63, 3.8) is 0 Å². The van der Waals surface area contributed by atoms with Crippen LogP contribution in [0.4, 0.5) is 0 Å². The van der Waals surface area contributed by atoms with Gasteiger partial charge in [0.2, 0.25) is 0 Å². The first-order chi connectivity index (χ1) is 7.40. The minimum atomic E-state index is 0.416. The molecule has 90 valence electrons. The second kappa shape index (κ2) is 5.75. The number of hydrogen-bond acceptors (Lipinski definition) is 0. The number of rotatable bonds is 3. The molecule has 1 aromatic rings. The van der Waals surface area contributed by atoms with Crippen LogP contribution in [0.2, 0.25) is 5.02 Å². The first-order valence-corrected chi connectivity index (χ1v) is 7.17. The van der Waals surface area contributed by atoms with E-state index >= 15 is 0 Å². The molecule has 0 aliphatic rings. The zero-order valence-electron chi connectivity index (χ0n) is 10.1. The zero-order valence-corrected chi connectivity index (χ0v) is 13.2. The van der Waals surface area contributed by atoms with Crippen LogP contribution in [0.1, 0.15) is 56.2 Å². The van der Waals surface area contributed by atoms with Crippen molar-refractivity contribution in [3.8, 4) is 0 Å². The van der Waals surface area contributed by atoms with Crippen molar-refractivity contribution >= 4 is 39.1 Å². The summed E-state index contributed by atoms with van der Waals surface area (Å²) in [7, 11) is 0. The van der Waals surface area contributed by atoms with Crippen LogP contribution in [0.5, 0.6) is 0 Å². The molecule has 0 heterocycles. The molecule has 3 heteroatoms. The fraction of sp³-hybridized carbons (Fsp3) is 0.538. The summed E-state index contributed by atoms with van der Waals surface area (Å²) in [6.07, 6.45) is 0. The van der Waals surface area contributed by atoms with Crippen molar-refractivity contribution in [2.24, 2.45) is 0 Å². The Labute approximate surface area is 116 Å². The lowest BCUT2D eigenvalue weighted by Gasteiger charge is -2.20. The molecule has 0 bridgehead atoms. The van der Waals surface area contributed by atoms with Gasteiger partial charge in [-0.25, -0.2) is 0 Å². The Bertz CT molecular complexity index is 384. The molecule has 0 amide bonds. The van der Waals surface area contributed by atoms with Gasteiger partial charge in [0, 0.05) is 15.4 Å². The minimum absolute atomic E-state index is 0.416. The monoisotopic (exact) mass is 322 g/mol. The molecule has 0 aliphatic heterocycles. The van der Waals surface area contributed by atoms with Crippen LogP contribution in [0.3, 0.4) is 0 Å². The average molecular weight is 324 g/mol. The SMILES string of the molecule is CC(C)c1cc(Cl)c(CCl)c(C(C)C)c1Br. The van der Waals surface area contributed by atoms with Crippen LogP contribution in [0.25, 0.3) is 0 Å². The van der Waals surface area contributed by atoms with Crippen LogP contribution in [-0.4, -0.2) is 0 Å². The Hall–Kier alpha value is 0.280. The fourth-order valence-electron chi connectivity index (χ4n) is 1.86. The maximum atomic E-state index is 6.29. The Morgan fingerprint density at radius 1 is 1.19 bits per heavy atom. The molecule has 0 saturated carbocycles. The van der Waals surface area contributed by atoms with Gasteiger partial charge in [-0.2, -0.15) is 0 Å². The Morgan fingerprint density at radius 2 is 1.75 bits per heavy atom.